The predicted molar refractivity (Wildman–Crippen MR) is 90.5 cm³/mol. The molecule has 128 valence electrons. The van der Waals surface area contributed by atoms with E-state index in [1.54, 1.807) is 38.5 Å². The lowest BCUT2D eigenvalue weighted by Crippen LogP contribution is -2.22. The second kappa shape index (κ2) is 7.48. The van der Waals surface area contributed by atoms with Gasteiger partial charge in [-0.05, 0) is 36.4 Å². The molecule has 0 fully saturated rings. The Morgan fingerprint density at radius 3 is 2.56 bits per heavy atom. The van der Waals surface area contributed by atoms with E-state index < -0.39 is 0 Å². The van der Waals surface area contributed by atoms with Crippen LogP contribution in [0.5, 0.6) is 11.5 Å². The monoisotopic (exact) mass is 339 g/mol. The molecule has 1 heterocycles. The lowest BCUT2D eigenvalue weighted by molar-refractivity contribution is 0.0946. The normalized spacial score (nSPS) is 10.3. The average Bonchev–Trinajstić information content (AvgIpc) is 3.15. The molecular weight excluding hydrogens is 322 g/mol. The largest absolute Gasteiger partial charge is 0.497 e. The fourth-order valence-corrected chi connectivity index (χ4v) is 2.27. The summed E-state index contributed by atoms with van der Waals surface area (Å²) in [4.78, 5) is 16.4. The molecule has 0 atom stereocenters. The van der Waals surface area contributed by atoms with Gasteiger partial charge in [0, 0.05) is 5.56 Å². The summed E-state index contributed by atoms with van der Waals surface area (Å²) in [6.45, 7) is 0.132. The highest BCUT2D eigenvalue weighted by atomic mass is 16.5. The Balaban J connectivity index is 1.66. The van der Waals surface area contributed by atoms with Gasteiger partial charge in [0.2, 0.25) is 11.7 Å². The number of nitrogens with one attached hydrogen (secondary N) is 1. The van der Waals surface area contributed by atoms with E-state index in [-0.39, 0.29) is 12.5 Å². The number of hydrogen-bond acceptors (Lipinski definition) is 6. The van der Waals surface area contributed by atoms with E-state index in [9.17, 15) is 4.79 Å². The van der Waals surface area contributed by atoms with Gasteiger partial charge in [-0.1, -0.05) is 17.3 Å². The van der Waals surface area contributed by atoms with Crippen LogP contribution in [0.1, 0.15) is 16.2 Å². The van der Waals surface area contributed by atoms with Crippen molar-refractivity contribution < 1.29 is 18.8 Å². The Hall–Kier alpha value is -3.35. The lowest BCUT2D eigenvalue weighted by atomic mass is 10.2. The van der Waals surface area contributed by atoms with Gasteiger partial charge in [-0.25, -0.2) is 0 Å². The van der Waals surface area contributed by atoms with Crippen LogP contribution >= 0.6 is 0 Å². The number of rotatable bonds is 6. The zero-order valence-corrected chi connectivity index (χ0v) is 13.9. The fraction of sp³-hybridized carbons (Fsp3) is 0.167. The molecule has 0 aliphatic rings. The fourth-order valence-electron chi connectivity index (χ4n) is 2.27. The highest BCUT2D eigenvalue weighted by Crippen LogP contribution is 2.26. The van der Waals surface area contributed by atoms with Crippen LogP contribution in [0, 0.1) is 0 Å². The molecule has 3 rings (SSSR count). The van der Waals surface area contributed by atoms with E-state index in [0.29, 0.717) is 28.8 Å². The quantitative estimate of drug-likeness (QED) is 0.743. The number of ether oxygens (including phenoxy) is 2. The van der Waals surface area contributed by atoms with Crippen molar-refractivity contribution >= 4 is 5.91 Å². The Morgan fingerprint density at radius 1 is 1.08 bits per heavy atom. The van der Waals surface area contributed by atoms with E-state index >= 15 is 0 Å². The van der Waals surface area contributed by atoms with Crippen molar-refractivity contribution in [3.63, 3.8) is 0 Å². The maximum Gasteiger partial charge on any atom is 0.251 e. The molecule has 0 radical (unpaired) electrons. The molecule has 0 aliphatic carbocycles. The first-order chi connectivity index (χ1) is 12.2. The highest BCUT2D eigenvalue weighted by molar-refractivity contribution is 5.94. The number of benzene rings is 2. The van der Waals surface area contributed by atoms with E-state index in [4.69, 9.17) is 14.0 Å². The molecular formula is C18H17N3O4. The van der Waals surface area contributed by atoms with Crippen LogP contribution in [0.15, 0.2) is 53.1 Å². The number of carbonyl (C=O) groups is 1. The van der Waals surface area contributed by atoms with E-state index in [2.05, 4.69) is 15.5 Å². The summed E-state index contributed by atoms with van der Waals surface area (Å²) in [5.41, 5.74) is 1.24. The Bertz CT molecular complexity index is 859. The molecule has 1 amide bonds. The van der Waals surface area contributed by atoms with Gasteiger partial charge in [0.15, 0.2) is 0 Å². The van der Waals surface area contributed by atoms with E-state index in [1.807, 2.05) is 24.3 Å². The minimum absolute atomic E-state index is 0.132. The third-order valence-corrected chi connectivity index (χ3v) is 3.57. The number of aromatic nitrogens is 2. The third-order valence-electron chi connectivity index (χ3n) is 3.57. The minimum atomic E-state index is -0.236. The van der Waals surface area contributed by atoms with Crippen LogP contribution in [-0.2, 0) is 6.54 Å². The topological polar surface area (TPSA) is 86.5 Å². The van der Waals surface area contributed by atoms with Crippen LogP contribution in [0.2, 0.25) is 0 Å². The van der Waals surface area contributed by atoms with E-state index in [1.165, 1.54) is 0 Å². The summed E-state index contributed by atoms with van der Waals surface area (Å²) in [6, 6.07) is 14.2. The first kappa shape index (κ1) is 16.5. The van der Waals surface area contributed by atoms with Gasteiger partial charge in [0.25, 0.3) is 5.91 Å². The smallest absolute Gasteiger partial charge is 0.251 e. The number of amides is 1. The molecule has 7 heteroatoms. The Kier molecular flexibility index (Phi) is 4.94. The predicted octanol–water partition coefficient (Wildman–Crippen LogP) is 2.68. The van der Waals surface area contributed by atoms with Crippen molar-refractivity contribution in [2.45, 2.75) is 6.54 Å². The second-order valence-electron chi connectivity index (χ2n) is 5.12. The van der Waals surface area contributed by atoms with Crippen molar-refractivity contribution in [3.05, 3.63) is 60.0 Å². The molecule has 0 aliphatic heterocycles. The van der Waals surface area contributed by atoms with Crippen LogP contribution in [0.3, 0.4) is 0 Å². The molecule has 2 aromatic carbocycles. The number of para-hydroxylation sites is 1. The Labute approximate surface area is 144 Å². The van der Waals surface area contributed by atoms with Crippen LogP contribution in [0.25, 0.3) is 11.4 Å². The molecule has 0 spiro atoms. The summed E-state index contributed by atoms with van der Waals surface area (Å²) >= 11 is 0. The maximum atomic E-state index is 12.1. The molecule has 0 saturated carbocycles. The van der Waals surface area contributed by atoms with Crippen molar-refractivity contribution in [3.8, 4) is 22.9 Å². The molecule has 0 bridgehead atoms. The summed E-state index contributed by atoms with van der Waals surface area (Å²) in [6.07, 6.45) is 0. The number of carbonyl (C=O) groups excluding carboxylic acids is 1. The number of methoxy groups -OCH3 is 2. The number of hydrogen-bond donors (Lipinski definition) is 1. The summed E-state index contributed by atoms with van der Waals surface area (Å²) in [5, 5.41) is 6.67. The minimum Gasteiger partial charge on any atom is -0.497 e. The van der Waals surface area contributed by atoms with Gasteiger partial charge in [0.05, 0.1) is 26.3 Å². The molecule has 0 unspecified atom stereocenters. The standard InChI is InChI=1S/C18H17N3O4/c1-23-13-9-7-12(8-10-13)18(22)19-11-16-20-17(21-25-16)14-5-3-4-6-15(14)24-2/h3-10H,11H2,1-2H3,(H,19,22). The van der Waals surface area contributed by atoms with Crippen molar-refractivity contribution in [2.75, 3.05) is 14.2 Å². The third kappa shape index (κ3) is 3.77. The first-order valence-electron chi connectivity index (χ1n) is 7.59. The average molecular weight is 339 g/mol. The van der Waals surface area contributed by atoms with Gasteiger partial charge in [0.1, 0.15) is 11.5 Å². The first-order valence-corrected chi connectivity index (χ1v) is 7.59. The summed E-state index contributed by atoms with van der Waals surface area (Å²) < 4.78 is 15.5. The summed E-state index contributed by atoms with van der Waals surface area (Å²) in [7, 11) is 3.15. The van der Waals surface area contributed by atoms with Gasteiger partial charge < -0.3 is 19.3 Å². The zero-order chi connectivity index (χ0) is 17.6. The molecule has 1 N–H and O–H groups in total. The maximum absolute atomic E-state index is 12.1. The number of nitrogens with zero attached hydrogens (tertiary/aromatic N) is 2. The lowest BCUT2D eigenvalue weighted by Gasteiger charge is -2.04. The molecule has 1 aromatic heterocycles. The van der Waals surface area contributed by atoms with Gasteiger partial charge in [-0.15, -0.1) is 0 Å². The second-order valence-corrected chi connectivity index (χ2v) is 5.12. The van der Waals surface area contributed by atoms with Crippen LogP contribution in [0.4, 0.5) is 0 Å². The molecule has 0 saturated heterocycles. The van der Waals surface area contributed by atoms with Gasteiger partial charge >= 0.3 is 0 Å². The zero-order valence-electron chi connectivity index (χ0n) is 13.9. The molecule has 7 nitrogen and oxygen atoms in total. The Morgan fingerprint density at radius 2 is 1.84 bits per heavy atom. The SMILES string of the molecule is COc1ccc(C(=O)NCc2nc(-c3ccccc3OC)no2)cc1. The van der Waals surface area contributed by atoms with Crippen molar-refractivity contribution in [1.29, 1.82) is 0 Å². The van der Waals surface area contributed by atoms with Crippen molar-refractivity contribution in [1.82, 2.24) is 15.5 Å². The highest BCUT2D eigenvalue weighted by Gasteiger charge is 2.14. The van der Waals surface area contributed by atoms with E-state index in [0.717, 1.165) is 5.56 Å². The van der Waals surface area contributed by atoms with Crippen molar-refractivity contribution in [2.24, 2.45) is 0 Å². The van der Waals surface area contributed by atoms with Crippen LogP contribution < -0.4 is 14.8 Å². The van der Waals surface area contributed by atoms with Crippen LogP contribution in [-0.4, -0.2) is 30.3 Å². The van der Waals surface area contributed by atoms with Gasteiger partial charge in [-0.3, -0.25) is 4.79 Å². The van der Waals surface area contributed by atoms with Gasteiger partial charge in [-0.2, -0.15) is 4.98 Å². The molecule has 25 heavy (non-hydrogen) atoms. The molecule has 3 aromatic rings. The summed E-state index contributed by atoms with van der Waals surface area (Å²) in [5.74, 6) is 1.82.